The highest BCUT2D eigenvalue weighted by molar-refractivity contribution is 5.49. The van der Waals surface area contributed by atoms with Gasteiger partial charge in [0.05, 0.1) is 0 Å². The van der Waals surface area contributed by atoms with E-state index < -0.39 is 0 Å². The highest BCUT2D eigenvalue weighted by atomic mass is 16.3. The maximum absolute atomic E-state index is 9.25. The zero-order chi connectivity index (χ0) is 12.1. The summed E-state index contributed by atoms with van der Waals surface area (Å²) in [4.78, 5) is 4.74. The molecule has 0 spiro atoms. The number of phenols is 1. The maximum Gasteiger partial charge on any atom is 0.115 e. The van der Waals surface area contributed by atoms with Gasteiger partial charge < -0.3 is 10.0 Å². The Morgan fingerprint density at radius 1 is 1.12 bits per heavy atom. The van der Waals surface area contributed by atoms with Gasteiger partial charge in [0.15, 0.2) is 0 Å². The lowest BCUT2D eigenvalue weighted by molar-refractivity contribution is 0.258. The Morgan fingerprint density at radius 3 is 2.35 bits per heavy atom. The number of piperazine rings is 1. The van der Waals surface area contributed by atoms with E-state index >= 15 is 0 Å². The van der Waals surface area contributed by atoms with Gasteiger partial charge in [0.2, 0.25) is 0 Å². The predicted molar refractivity (Wildman–Crippen MR) is 68.9 cm³/mol. The van der Waals surface area contributed by atoms with Crippen molar-refractivity contribution in [2.75, 3.05) is 44.2 Å². The fraction of sp³-hybridized carbons (Fsp3) is 0.500. The van der Waals surface area contributed by atoms with Gasteiger partial charge in [-0.25, -0.2) is 0 Å². The number of hydrogen-bond donors (Lipinski definition) is 3. The third kappa shape index (κ3) is 3.33. The van der Waals surface area contributed by atoms with E-state index in [0.29, 0.717) is 5.75 Å². The van der Waals surface area contributed by atoms with Crippen molar-refractivity contribution in [3.05, 3.63) is 24.3 Å². The Balaban J connectivity index is 1.84. The molecule has 0 amide bonds. The number of hydrogen-bond acceptors (Lipinski definition) is 5. The molecule has 0 atom stereocenters. The molecule has 1 aliphatic rings. The summed E-state index contributed by atoms with van der Waals surface area (Å²) in [6, 6.07) is 7.40. The molecule has 0 bridgehead atoms. The number of anilines is 1. The van der Waals surface area contributed by atoms with Crippen LogP contribution in [0.15, 0.2) is 24.3 Å². The molecule has 5 nitrogen and oxygen atoms in total. The van der Waals surface area contributed by atoms with Crippen molar-refractivity contribution >= 4 is 5.69 Å². The Labute approximate surface area is 102 Å². The van der Waals surface area contributed by atoms with Crippen LogP contribution in [0.2, 0.25) is 0 Å². The van der Waals surface area contributed by atoms with Crippen molar-refractivity contribution in [3.63, 3.8) is 0 Å². The molecule has 1 aromatic carbocycles. The molecule has 0 aliphatic carbocycles. The average molecular weight is 236 g/mol. The van der Waals surface area contributed by atoms with Crippen molar-refractivity contribution in [1.82, 2.24) is 10.3 Å². The van der Waals surface area contributed by atoms with E-state index in [-0.39, 0.29) is 0 Å². The van der Waals surface area contributed by atoms with Gasteiger partial charge in [-0.05, 0) is 24.3 Å². The minimum Gasteiger partial charge on any atom is -0.508 e. The molecule has 0 saturated carbocycles. The van der Waals surface area contributed by atoms with Crippen molar-refractivity contribution in [3.8, 4) is 5.75 Å². The normalized spacial score (nSPS) is 17.4. The van der Waals surface area contributed by atoms with Gasteiger partial charge >= 0.3 is 0 Å². The van der Waals surface area contributed by atoms with Gasteiger partial charge in [0, 0.05) is 45.0 Å². The van der Waals surface area contributed by atoms with E-state index in [4.69, 9.17) is 5.84 Å². The highest BCUT2D eigenvalue weighted by Gasteiger charge is 2.16. The monoisotopic (exact) mass is 236 g/mol. The summed E-state index contributed by atoms with van der Waals surface area (Å²) in [6.45, 7) is 5.99. The molecule has 4 N–H and O–H groups in total. The van der Waals surface area contributed by atoms with Crippen LogP contribution in [-0.4, -0.2) is 49.3 Å². The first-order valence-electron chi connectivity index (χ1n) is 5.99. The fourth-order valence-corrected chi connectivity index (χ4v) is 2.12. The second-order valence-electron chi connectivity index (χ2n) is 4.30. The smallest absolute Gasteiger partial charge is 0.115 e. The molecule has 17 heavy (non-hydrogen) atoms. The first-order valence-corrected chi connectivity index (χ1v) is 5.99. The number of nitrogens with two attached hydrogens (primary N) is 1. The summed E-state index contributed by atoms with van der Waals surface area (Å²) in [7, 11) is 0. The number of nitrogens with zero attached hydrogens (tertiary/aromatic N) is 2. The third-order valence-electron chi connectivity index (χ3n) is 3.16. The zero-order valence-corrected chi connectivity index (χ0v) is 9.97. The molecule has 1 aliphatic heterocycles. The summed E-state index contributed by atoms with van der Waals surface area (Å²) in [5, 5.41) is 9.25. The van der Waals surface area contributed by atoms with Crippen LogP contribution in [0, 0.1) is 0 Å². The van der Waals surface area contributed by atoms with Gasteiger partial charge in [0.25, 0.3) is 0 Å². The maximum atomic E-state index is 9.25. The second-order valence-corrected chi connectivity index (χ2v) is 4.30. The van der Waals surface area contributed by atoms with Crippen molar-refractivity contribution < 1.29 is 5.11 Å². The molecule has 1 fully saturated rings. The first kappa shape index (κ1) is 12.2. The molecule has 0 radical (unpaired) electrons. The van der Waals surface area contributed by atoms with Crippen LogP contribution in [-0.2, 0) is 0 Å². The van der Waals surface area contributed by atoms with Crippen LogP contribution in [0.5, 0.6) is 5.75 Å². The molecular weight excluding hydrogens is 216 g/mol. The Hall–Kier alpha value is -1.30. The standard InChI is InChI=1S/C12H20N4O/c13-14-5-6-15-7-9-16(10-8-15)11-1-3-12(17)4-2-11/h1-4,14,17H,5-10,13H2. The van der Waals surface area contributed by atoms with E-state index in [0.717, 1.165) is 39.3 Å². The van der Waals surface area contributed by atoms with Gasteiger partial charge in [-0.2, -0.15) is 0 Å². The van der Waals surface area contributed by atoms with Gasteiger partial charge in [0.1, 0.15) is 5.75 Å². The molecule has 5 heteroatoms. The van der Waals surface area contributed by atoms with Crippen LogP contribution in [0.25, 0.3) is 0 Å². The minimum absolute atomic E-state index is 0.321. The van der Waals surface area contributed by atoms with Gasteiger partial charge in [-0.3, -0.25) is 16.2 Å². The SMILES string of the molecule is NNCCN1CCN(c2ccc(O)cc2)CC1. The van der Waals surface area contributed by atoms with Gasteiger partial charge in [-0.1, -0.05) is 0 Å². The van der Waals surface area contributed by atoms with Crippen LogP contribution in [0.4, 0.5) is 5.69 Å². The number of rotatable bonds is 4. The lowest BCUT2D eigenvalue weighted by Gasteiger charge is -2.36. The van der Waals surface area contributed by atoms with Crippen LogP contribution >= 0.6 is 0 Å². The number of phenolic OH excluding ortho intramolecular Hbond substituents is 1. The van der Waals surface area contributed by atoms with E-state index in [2.05, 4.69) is 15.2 Å². The molecule has 1 aromatic rings. The molecule has 0 aromatic heterocycles. The average Bonchev–Trinajstić information content (AvgIpc) is 2.38. The summed E-state index contributed by atoms with van der Waals surface area (Å²) in [6.07, 6.45) is 0. The van der Waals surface area contributed by atoms with Crippen molar-refractivity contribution in [2.24, 2.45) is 5.84 Å². The lowest BCUT2D eigenvalue weighted by Crippen LogP contribution is -2.48. The van der Waals surface area contributed by atoms with E-state index in [1.165, 1.54) is 5.69 Å². The zero-order valence-electron chi connectivity index (χ0n) is 9.97. The number of hydrazine groups is 1. The molecule has 1 heterocycles. The summed E-state index contributed by atoms with van der Waals surface area (Å²) in [5.41, 5.74) is 3.86. The van der Waals surface area contributed by atoms with Crippen LogP contribution in [0.3, 0.4) is 0 Å². The molecule has 1 saturated heterocycles. The largest absolute Gasteiger partial charge is 0.508 e. The van der Waals surface area contributed by atoms with E-state index in [9.17, 15) is 5.11 Å². The fourth-order valence-electron chi connectivity index (χ4n) is 2.12. The van der Waals surface area contributed by atoms with E-state index in [1.807, 2.05) is 12.1 Å². The quantitative estimate of drug-likeness (QED) is 0.506. The van der Waals surface area contributed by atoms with Crippen LogP contribution < -0.4 is 16.2 Å². The number of aromatic hydroxyl groups is 1. The van der Waals surface area contributed by atoms with Crippen molar-refractivity contribution in [2.45, 2.75) is 0 Å². The highest BCUT2D eigenvalue weighted by Crippen LogP contribution is 2.19. The number of benzene rings is 1. The number of nitrogens with one attached hydrogen (secondary N) is 1. The minimum atomic E-state index is 0.321. The summed E-state index contributed by atoms with van der Waals surface area (Å²) < 4.78 is 0. The third-order valence-corrected chi connectivity index (χ3v) is 3.16. The molecule has 2 rings (SSSR count). The Bertz CT molecular complexity index is 333. The lowest BCUT2D eigenvalue weighted by atomic mass is 10.2. The Morgan fingerprint density at radius 2 is 1.76 bits per heavy atom. The first-order chi connectivity index (χ1) is 8.29. The Kier molecular flexibility index (Phi) is 4.19. The molecule has 0 unspecified atom stereocenters. The topological polar surface area (TPSA) is 64.8 Å². The van der Waals surface area contributed by atoms with E-state index in [1.54, 1.807) is 12.1 Å². The van der Waals surface area contributed by atoms with Crippen molar-refractivity contribution in [1.29, 1.82) is 0 Å². The summed E-state index contributed by atoms with van der Waals surface area (Å²) in [5.74, 6) is 5.59. The molecular formula is C12H20N4O. The second kappa shape index (κ2) is 5.86. The molecule has 94 valence electrons. The predicted octanol–water partition coefficient (Wildman–Crippen LogP) is -0.0225. The van der Waals surface area contributed by atoms with Gasteiger partial charge in [-0.15, -0.1) is 0 Å². The summed E-state index contributed by atoms with van der Waals surface area (Å²) >= 11 is 0. The van der Waals surface area contributed by atoms with Crippen LogP contribution in [0.1, 0.15) is 0 Å².